The summed E-state index contributed by atoms with van der Waals surface area (Å²) >= 11 is 5.34. The Kier molecular flexibility index (Phi) is 2.77. The largest absolute Gasteiger partial charge is 0.320 e. The number of hydrogen-bond donors (Lipinski definition) is 0. The molecule has 0 saturated heterocycles. The second kappa shape index (κ2) is 4.05. The molecule has 1 aliphatic heterocycles. The molecule has 0 atom stereocenters. The van der Waals surface area contributed by atoms with Gasteiger partial charge in [0.2, 0.25) is 0 Å². The van der Waals surface area contributed by atoms with E-state index in [9.17, 15) is 0 Å². The highest BCUT2D eigenvalue weighted by Gasteiger charge is 2.23. The average molecular weight is 206 g/mol. The first kappa shape index (κ1) is 9.59. The van der Waals surface area contributed by atoms with E-state index in [1.54, 1.807) is 0 Å². The number of anilines is 1. The van der Waals surface area contributed by atoms with Crippen LogP contribution >= 0.6 is 12.2 Å². The maximum Gasteiger partial charge on any atom is 0.136 e. The molecule has 0 aromatic carbocycles. The number of aromatic nitrogens is 1. The van der Waals surface area contributed by atoms with E-state index in [-0.39, 0.29) is 0 Å². The molecule has 0 saturated carbocycles. The summed E-state index contributed by atoms with van der Waals surface area (Å²) < 4.78 is 0. The fraction of sp³-hybridized carbons (Fsp3) is 0.455. The van der Waals surface area contributed by atoms with Crippen LogP contribution in [0.5, 0.6) is 0 Å². The van der Waals surface area contributed by atoms with Gasteiger partial charge in [-0.05, 0) is 12.5 Å². The first-order valence-electron chi connectivity index (χ1n) is 5.07. The van der Waals surface area contributed by atoms with Crippen molar-refractivity contribution >= 4 is 23.0 Å². The molecule has 14 heavy (non-hydrogen) atoms. The van der Waals surface area contributed by atoms with Crippen molar-refractivity contribution in [2.75, 3.05) is 11.4 Å². The van der Waals surface area contributed by atoms with Crippen LogP contribution in [0.25, 0.3) is 0 Å². The highest BCUT2D eigenvalue weighted by Crippen LogP contribution is 2.26. The Bertz CT molecular complexity index is 349. The van der Waals surface area contributed by atoms with Gasteiger partial charge in [-0.15, -0.1) is 0 Å². The summed E-state index contributed by atoms with van der Waals surface area (Å²) in [6.07, 6.45) is 5.10. The molecular formula is C11H14N2S. The van der Waals surface area contributed by atoms with Gasteiger partial charge in [-0.25, -0.2) is 4.98 Å². The predicted molar refractivity (Wildman–Crippen MR) is 62.8 cm³/mol. The molecule has 0 unspecified atom stereocenters. The van der Waals surface area contributed by atoms with E-state index in [1.165, 1.54) is 18.4 Å². The van der Waals surface area contributed by atoms with E-state index in [4.69, 9.17) is 12.2 Å². The van der Waals surface area contributed by atoms with E-state index >= 15 is 0 Å². The van der Waals surface area contributed by atoms with E-state index in [2.05, 4.69) is 22.9 Å². The second-order valence-corrected chi connectivity index (χ2v) is 4.03. The smallest absolute Gasteiger partial charge is 0.136 e. The summed E-state index contributed by atoms with van der Waals surface area (Å²) in [5.74, 6) is 1.07. The van der Waals surface area contributed by atoms with Crippen molar-refractivity contribution < 1.29 is 0 Å². The standard InChI is InChI=1S/C11H14N2S/c1-2-3-7-13-10(14)8-9-5-4-6-12-11(9)13/h4-6H,2-3,7-8H2,1H3. The molecule has 1 aromatic rings. The number of fused-ring (bicyclic) bond motifs is 1. The molecule has 1 aliphatic rings. The zero-order chi connectivity index (χ0) is 9.97. The third-order valence-corrected chi connectivity index (χ3v) is 2.87. The van der Waals surface area contributed by atoms with Gasteiger partial charge in [-0.3, -0.25) is 0 Å². The van der Waals surface area contributed by atoms with Crippen LogP contribution in [0.3, 0.4) is 0 Å². The van der Waals surface area contributed by atoms with Crippen molar-refractivity contribution in [3.05, 3.63) is 23.9 Å². The normalized spacial score (nSPS) is 14.6. The van der Waals surface area contributed by atoms with Crippen LogP contribution in [-0.2, 0) is 6.42 Å². The second-order valence-electron chi connectivity index (χ2n) is 3.56. The molecule has 74 valence electrons. The summed E-state index contributed by atoms with van der Waals surface area (Å²) in [5, 5.41) is 0. The van der Waals surface area contributed by atoms with Gasteiger partial charge in [0, 0.05) is 24.7 Å². The summed E-state index contributed by atoms with van der Waals surface area (Å²) in [5.41, 5.74) is 1.27. The molecule has 0 fully saturated rings. The lowest BCUT2D eigenvalue weighted by Crippen LogP contribution is -2.26. The fourth-order valence-corrected chi connectivity index (χ4v) is 2.07. The summed E-state index contributed by atoms with van der Waals surface area (Å²) in [6, 6.07) is 4.09. The van der Waals surface area contributed by atoms with Crippen molar-refractivity contribution in [3.8, 4) is 0 Å². The molecule has 0 amide bonds. The van der Waals surface area contributed by atoms with Crippen LogP contribution in [0.2, 0.25) is 0 Å². The lowest BCUT2D eigenvalue weighted by atomic mass is 10.2. The van der Waals surface area contributed by atoms with Crippen molar-refractivity contribution in [3.63, 3.8) is 0 Å². The van der Waals surface area contributed by atoms with Gasteiger partial charge < -0.3 is 4.90 Å². The highest BCUT2D eigenvalue weighted by molar-refractivity contribution is 7.80. The van der Waals surface area contributed by atoms with Crippen LogP contribution in [0.4, 0.5) is 5.82 Å². The fourth-order valence-electron chi connectivity index (χ4n) is 1.73. The van der Waals surface area contributed by atoms with Gasteiger partial charge in [0.25, 0.3) is 0 Å². The Morgan fingerprint density at radius 2 is 2.43 bits per heavy atom. The predicted octanol–water partition coefficient (Wildman–Crippen LogP) is 2.57. The van der Waals surface area contributed by atoms with Crippen LogP contribution in [0, 0.1) is 0 Å². The zero-order valence-electron chi connectivity index (χ0n) is 8.36. The summed E-state index contributed by atoms with van der Waals surface area (Å²) in [6.45, 7) is 3.21. The van der Waals surface area contributed by atoms with Gasteiger partial charge in [0.05, 0.1) is 4.99 Å². The maximum atomic E-state index is 5.34. The van der Waals surface area contributed by atoms with Gasteiger partial charge in [0.15, 0.2) is 0 Å². The van der Waals surface area contributed by atoms with Crippen LogP contribution in [0.1, 0.15) is 25.3 Å². The number of thiocarbonyl (C=S) groups is 1. The first-order chi connectivity index (χ1) is 6.83. The number of unbranched alkanes of at least 4 members (excludes halogenated alkanes) is 1. The average Bonchev–Trinajstić information content (AvgIpc) is 2.51. The SMILES string of the molecule is CCCCN1C(=S)Cc2cccnc21. The van der Waals surface area contributed by atoms with Crippen molar-refractivity contribution in [1.82, 2.24) is 4.98 Å². The molecule has 0 bridgehead atoms. The zero-order valence-corrected chi connectivity index (χ0v) is 9.18. The van der Waals surface area contributed by atoms with Crippen molar-refractivity contribution in [2.24, 2.45) is 0 Å². The van der Waals surface area contributed by atoms with E-state index in [0.29, 0.717) is 0 Å². The summed E-state index contributed by atoms with van der Waals surface area (Å²) in [7, 11) is 0. The van der Waals surface area contributed by atoms with Crippen molar-refractivity contribution in [2.45, 2.75) is 26.2 Å². The minimum absolute atomic E-state index is 0.891. The molecule has 1 aromatic heterocycles. The van der Waals surface area contributed by atoms with Gasteiger partial charge >= 0.3 is 0 Å². The lowest BCUT2D eigenvalue weighted by Gasteiger charge is -2.17. The van der Waals surface area contributed by atoms with Gasteiger partial charge in [-0.2, -0.15) is 0 Å². The Morgan fingerprint density at radius 3 is 3.21 bits per heavy atom. The van der Waals surface area contributed by atoms with E-state index in [1.807, 2.05) is 12.3 Å². The minimum atomic E-state index is 0.891. The minimum Gasteiger partial charge on any atom is -0.320 e. The molecule has 0 radical (unpaired) electrons. The molecule has 0 aliphatic carbocycles. The Morgan fingerprint density at radius 1 is 1.57 bits per heavy atom. The highest BCUT2D eigenvalue weighted by atomic mass is 32.1. The molecule has 3 heteroatoms. The van der Waals surface area contributed by atoms with E-state index in [0.717, 1.165) is 23.8 Å². The van der Waals surface area contributed by atoms with Gasteiger partial charge in [-0.1, -0.05) is 31.6 Å². The van der Waals surface area contributed by atoms with Crippen LogP contribution in [0.15, 0.2) is 18.3 Å². The number of hydrogen-bond acceptors (Lipinski definition) is 2. The molecule has 2 rings (SSSR count). The molecule has 2 nitrogen and oxygen atoms in total. The number of nitrogens with zero attached hydrogens (tertiary/aromatic N) is 2. The first-order valence-corrected chi connectivity index (χ1v) is 5.48. The van der Waals surface area contributed by atoms with Gasteiger partial charge in [0.1, 0.15) is 5.82 Å². The van der Waals surface area contributed by atoms with Crippen molar-refractivity contribution in [1.29, 1.82) is 0 Å². The van der Waals surface area contributed by atoms with E-state index < -0.39 is 0 Å². The Hall–Kier alpha value is -0.960. The number of rotatable bonds is 3. The lowest BCUT2D eigenvalue weighted by molar-refractivity contribution is 0.795. The quantitative estimate of drug-likeness (QED) is 0.707. The molecular weight excluding hydrogens is 192 g/mol. The Balaban J connectivity index is 2.21. The molecule has 0 N–H and O–H groups in total. The maximum absolute atomic E-state index is 5.34. The summed E-state index contributed by atoms with van der Waals surface area (Å²) in [4.78, 5) is 7.58. The molecule has 0 spiro atoms. The third-order valence-electron chi connectivity index (χ3n) is 2.50. The number of pyridine rings is 1. The Labute approximate surface area is 90.0 Å². The van der Waals surface area contributed by atoms with Crippen LogP contribution < -0.4 is 4.90 Å². The third kappa shape index (κ3) is 1.64. The molecule has 2 heterocycles. The van der Waals surface area contributed by atoms with Crippen LogP contribution in [-0.4, -0.2) is 16.5 Å². The topological polar surface area (TPSA) is 16.1 Å². The monoisotopic (exact) mass is 206 g/mol.